The summed E-state index contributed by atoms with van der Waals surface area (Å²) in [5.74, 6) is 0.629. The number of nitrogens with zero attached hydrogens (tertiary/aromatic N) is 1. The number of ether oxygens (including phenoxy) is 2. The Kier molecular flexibility index (Phi) is 7.08. The van der Waals surface area contributed by atoms with Crippen LogP contribution < -0.4 is 5.32 Å². The molecule has 1 aromatic carbocycles. The molecule has 1 aromatic heterocycles. The van der Waals surface area contributed by atoms with E-state index >= 15 is 0 Å². The first-order valence-electron chi connectivity index (χ1n) is 13.0. The molecule has 2 saturated carbocycles. The molecule has 190 valence electrons. The van der Waals surface area contributed by atoms with Gasteiger partial charge in [-0.1, -0.05) is 24.3 Å². The van der Waals surface area contributed by atoms with Crippen LogP contribution in [0, 0.1) is 35.4 Å². The summed E-state index contributed by atoms with van der Waals surface area (Å²) in [6, 6.07) is 10.4. The van der Waals surface area contributed by atoms with E-state index in [1.165, 1.54) is 12.1 Å². The number of amides is 1. The molecule has 7 atom stereocenters. The zero-order valence-electron chi connectivity index (χ0n) is 20.7. The van der Waals surface area contributed by atoms with Crippen LogP contribution in [0.25, 0.3) is 17.2 Å². The SMILES string of the molecule is CCOC(=O)N[C@@H]1CC[C@@H]2[C@@H](C1)C[C@H]1C(=O)O[C@H](C)[C@H]1[C@H]2/C=C\c1ccc(-c2cccc(F)c2)cn1. The van der Waals surface area contributed by atoms with E-state index in [1.54, 1.807) is 19.2 Å². The number of benzene rings is 1. The summed E-state index contributed by atoms with van der Waals surface area (Å²) in [6.45, 7) is 4.15. The van der Waals surface area contributed by atoms with E-state index in [0.717, 1.165) is 42.5 Å². The van der Waals surface area contributed by atoms with Crippen molar-refractivity contribution in [2.24, 2.45) is 29.6 Å². The molecule has 0 spiro atoms. The molecule has 6 nitrogen and oxygen atoms in total. The molecular formula is C29H33FN2O4. The molecule has 5 rings (SSSR count). The number of carbonyl (C=O) groups excluding carboxylic acids is 2. The van der Waals surface area contributed by atoms with Crippen LogP contribution in [0.2, 0.25) is 0 Å². The monoisotopic (exact) mass is 492 g/mol. The maximum absolute atomic E-state index is 13.6. The van der Waals surface area contributed by atoms with Crippen molar-refractivity contribution in [1.29, 1.82) is 0 Å². The van der Waals surface area contributed by atoms with Crippen LogP contribution in [0.4, 0.5) is 9.18 Å². The molecule has 7 heteroatoms. The molecular weight excluding hydrogens is 459 g/mol. The van der Waals surface area contributed by atoms with E-state index in [1.807, 2.05) is 31.2 Å². The normalized spacial score (nSPS) is 31.4. The van der Waals surface area contributed by atoms with Gasteiger partial charge in [-0.25, -0.2) is 9.18 Å². The summed E-state index contributed by atoms with van der Waals surface area (Å²) in [4.78, 5) is 29.2. The lowest BCUT2D eigenvalue weighted by Crippen LogP contribution is -2.48. The van der Waals surface area contributed by atoms with Gasteiger partial charge in [-0.2, -0.15) is 0 Å². The van der Waals surface area contributed by atoms with Crippen molar-refractivity contribution in [3.05, 3.63) is 60.2 Å². The van der Waals surface area contributed by atoms with Gasteiger partial charge in [0.2, 0.25) is 0 Å². The number of carbonyl (C=O) groups is 2. The van der Waals surface area contributed by atoms with Gasteiger partial charge in [0.15, 0.2) is 0 Å². The molecule has 1 N–H and O–H groups in total. The number of pyridine rings is 1. The van der Waals surface area contributed by atoms with E-state index in [2.05, 4.69) is 16.4 Å². The van der Waals surface area contributed by atoms with E-state index in [0.29, 0.717) is 18.4 Å². The average Bonchev–Trinajstić information content (AvgIpc) is 3.15. The Morgan fingerprint density at radius 1 is 1.22 bits per heavy atom. The third-order valence-corrected chi connectivity index (χ3v) is 8.18. The minimum Gasteiger partial charge on any atom is -0.462 e. The second kappa shape index (κ2) is 10.4. The minimum atomic E-state index is -0.368. The Bertz CT molecular complexity index is 1130. The number of hydrogen-bond donors (Lipinski definition) is 1. The van der Waals surface area contributed by atoms with Crippen molar-refractivity contribution in [3.8, 4) is 11.1 Å². The Morgan fingerprint density at radius 3 is 2.83 bits per heavy atom. The summed E-state index contributed by atoms with van der Waals surface area (Å²) in [5.41, 5.74) is 2.48. The number of esters is 1. The topological polar surface area (TPSA) is 77.5 Å². The number of hydrogen-bond acceptors (Lipinski definition) is 5. The van der Waals surface area contributed by atoms with Crippen molar-refractivity contribution in [2.45, 2.75) is 51.7 Å². The molecule has 3 aliphatic rings. The molecule has 1 saturated heterocycles. The van der Waals surface area contributed by atoms with Gasteiger partial charge in [0.05, 0.1) is 18.2 Å². The number of rotatable bonds is 5. The maximum atomic E-state index is 13.6. The molecule has 1 aliphatic heterocycles. The molecule has 2 aliphatic carbocycles. The van der Waals surface area contributed by atoms with E-state index < -0.39 is 0 Å². The number of halogens is 1. The third kappa shape index (κ3) is 5.01. The van der Waals surface area contributed by atoms with Crippen molar-refractivity contribution in [1.82, 2.24) is 10.3 Å². The number of cyclic esters (lactones) is 1. The number of aromatic nitrogens is 1. The van der Waals surface area contributed by atoms with Gasteiger partial charge in [-0.3, -0.25) is 9.78 Å². The van der Waals surface area contributed by atoms with Gasteiger partial charge in [-0.05, 0) is 87.1 Å². The lowest BCUT2D eigenvalue weighted by molar-refractivity contribution is -0.144. The second-order valence-corrected chi connectivity index (χ2v) is 10.3. The highest BCUT2D eigenvalue weighted by atomic mass is 19.1. The Labute approximate surface area is 211 Å². The Morgan fingerprint density at radius 2 is 2.08 bits per heavy atom. The van der Waals surface area contributed by atoms with Crippen LogP contribution in [0.5, 0.6) is 0 Å². The van der Waals surface area contributed by atoms with Crippen LogP contribution in [-0.4, -0.2) is 35.8 Å². The van der Waals surface area contributed by atoms with Crippen LogP contribution in [0.15, 0.2) is 48.7 Å². The standard InChI is InChI=1S/C29H33FN2O4/c1-3-35-29(34)32-23-10-11-24-20(14-23)15-26-27(17(2)36-28(26)33)25(24)12-9-22-8-7-19(16-31-22)18-5-4-6-21(30)13-18/h4-9,12-13,16-17,20,23-27H,3,10-11,14-15H2,1-2H3,(H,32,34)/b12-9-/t17-,20+,23-,24-,25+,26-,27+/m1/s1. The summed E-state index contributed by atoms with van der Waals surface area (Å²) in [6.07, 6.45) is 9.07. The van der Waals surface area contributed by atoms with Gasteiger partial charge in [0, 0.05) is 23.7 Å². The summed E-state index contributed by atoms with van der Waals surface area (Å²) >= 11 is 0. The van der Waals surface area contributed by atoms with Gasteiger partial charge < -0.3 is 14.8 Å². The third-order valence-electron chi connectivity index (χ3n) is 8.18. The highest BCUT2D eigenvalue weighted by molar-refractivity contribution is 5.75. The van der Waals surface area contributed by atoms with Crippen LogP contribution >= 0.6 is 0 Å². The smallest absolute Gasteiger partial charge is 0.407 e. The first-order valence-corrected chi connectivity index (χ1v) is 13.0. The van der Waals surface area contributed by atoms with Crippen molar-refractivity contribution in [3.63, 3.8) is 0 Å². The lowest BCUT2D eigenvalue weighted by atomic mass is 9.57. The number of nitrogens with one attached hydrogen (secondary N) is 1. The van der Waals surface area contributed by atoms with Crippen LogP contribution in [0.3, 0.4) is 0 Å². The fraction of sp³-hybridized carbons (Fsp3) is 0.483. The van der Waals surface area contributed by atoms with Crippen molar-refractivity contribution >= 4 is 18.1 Å². The van der Waals surface area contributed by atoms with E-state index in [4.69, 9.17) is 9.47 Å². The van der Waals surface area contributed by atoms with E-state index in [-0.39, 0.29) is 47.8 Å². The van der Waals surface area contributed by atoms with Gasteiger partial charge in [0.1, 0.15) is 11.9 Å². The van der Waals surface area contributed by atoms with E-state index in [9.17, 15) is 14.0 Å². The second-order valence-electron chi connectivity index (χ2n) is 10.3. The number of alkyl carbamates (subject to hydrolysis) is 1. The molecule has 36 heavy (non-hydrogen) atoms. The first kappa shape index (κ1) is 24.5. The molecule has 2 aromatic rings. The minimum absolute atomic E-state index is 0.0679. The molecule has 0 unspecified atom stereocenters. The highest BCUT2D eigenvalue weighted by Gasteiger charge is 2.54. The lowest BCUT2D eigenvalue weighted by Gasteiger charge is -2.47. The molecule has 0 radical (unpaired) electrons. The number of allylic oxidation sites excluding steroid dienone is 1. The number of fused-ring (bicyclic) bond motifs is 2. The molecule has 0 bridgehead atoms. The maximum Gasteiger partial charge on any atom is 0.407 e. The largest absolute Gasteiger partial charge is 0.462 e. The average molecular weight is 493 g/mol. The zero-order chi connectivity index (χ0) is 25.2. The Balaban J connectivity index is 1.34. The van der Waals surface area contributed by atoms with Crippen molar-refractivity contribution < 1.29 is 23.5 Å². The zero-order valence-corrected chi connectivity index (χ0v) is 20.7. The molecule has 1 amide bonds. The summed E-state index contributed by atoms with van der Waals surface area (Å²) in [5, 5.41) is 3.00. The van der Waals surface area contributed by atoms with Gasteiger partial charge >= 0.3 is 12.1 Å². The summed E-state index contributed by atoms with van der Waals surface area (Å²) in [7, 11) is 0. The van der Waals surface area contributed by atoms with Gasteiger partial charge in [0.25, 0.3) is 0 Å². The van der Waals surface area contributed by atoms with Crippen LogP contribution in [-0.2, 0) is 14.3 Å². The molecule has 2 heterocycles. The Hall–Kier alpha value is -3.22. The van der Waals surface area contributed by atoms with Crippen molar-refractivity contribution in [2.75, 3.05) is 6.61 Å². The highest BCUT2D eigenvalue weighted by Crippen LogP contribution is 2.53. The fourth-order valence-electron chi connectivity index (χ4n) is 6.64. The quantitative estimate of drug-likeness (QED) is 0.548. The predicted molar refractivity (Wildman–Crippen MR) is 134 cm³/mol. The van der Waals surface area contributed by atoms with Crippen LogP contribution in [0.1, 0.15) is 45.2 Å². The fourth-order valence-corrected chi connectivity index (χ4v) is 6.64. The summed E-state index contributed by atoms with van der Waals surface area (Å²) < 4.78 is 24.3. The first-order chi connectivity index (χ1) is 17.4. The molecule has 3 fully saturated rings. The predicted octanol–water partition coefficient (Wildman–Crippen LogP) is 5.63. The van der Waals surface area contributed by atoms with Gasteiger partial charge in [-0.15, -0.1) is 0 Å².